The Hall–Kier alpha value is -3.56. The van der Waals surface area contributed by atoms with Crippen molar-refractivity contribution in [2.24, 2.45) is 5.16 Å². The Labute approximate surface area is 156 Å². The summed E-state index contributed by atoms with van der Waals surface area (Å²) in [6, 6.07) is 12.4. The van der Waals surface area contributed by atoms with Gasteiger partial charge in [-0.15, -0.1) is 23.4 Å². The molecule has 1 aromatic heterocycles. The molecule has 3 aromatic rings. The lowest BCUT2D eigenvalue weighted by Crippen LogP contribution is -2.17. The fourth-order valence-electron chi connectivity index (χ4n) is 2.61. The lowest BCUT2D eigenvalue weighted by atomic mass is 10.1. The standard InChI is InChI=1S/C18H12F3N3O4/c19-18(20,21)27-13-6-4-11(5-7-13)15-9-16(24-28-15)26-14-3-1-2-12(8-14)17-23-22-10-25-17/h1-8,10,15H,9H2/t15-/m0/s1. The molecule has 0 saturated heterocycles. The number of hydrogen-bond acceptors (Lipinski definition) is 7. The molecule has 0 N–H and O–H groups in total. The van der Waals surface area contributed by atoms with Gasteiger partial charge in [-0.05, 0) is 35.9 Å². The molecule has 0 bridgehead atoms. The van der Waals surface area contributed by atoms with E-state index in [1.165, 1.54) is 30.7 Å². The van der Waals surface area contributed by atoms with Crippen molar-refractivity contribution in [2.75, 3.05) is 0 Å². The van der Waals surface area contributed by atoms with Crippen molar-refractivity contribution in [3.05, 3.63) is 60.5 Å². The minimum absolute atomic E-state index is 0.301. The maximum atomic E-state index is 12.2. The van der Waals surface area contributed by atoms with Gasteiger partial charge in [-0.1, -0.05) is 23.4 Å². The van der Waals surface area contributed by atoms with Crippen molar-refractivity contribution in [1.29, 1.82) is 0 Å². The molecule has 10 heteroatoms. The minimum Gasteiger partial charge on any atom is -0.440 e. The third-order valence-corrected chi connectivity index (χ3v) is 3.80. The average Bonchev–Trinajstić information content (AvgIpc) is 3.33. The average molecular weight is 391 g/mol. The zero-order chi connectivity index (χ0) is 19.6. The van der Waals surface area contributed by atoms with Crippen LogP contribution in [0.1, 0.15) is 18.1 Å². The summed E-state index contributed by atoms with van der Waals surface area (Å²) in [5, 5.41) is 11.4. The van der Waals surface area contributed by atoms with Crippen LogP contribution in [-0.2, 0) is 4.84 Å². The first-order chi connectivity index (χ1) is 13.5. The number of rotatable bonds is 4. The normalized spacial score (nSPS) is 16.4. The van der Waals surface area contributed by atoms with E-state index in [0.717, 1.165) is 0 Å². The van der Waals surface area contributed by atoms with Gasteiger partial charge >= 0.3 is 6.36 Å². The van der Waals surface area contributed by atoms with E-state index >= 15 is 0 Å². The first-order valence-corrected chi connectivity index (χ1v) is 8.09. The van der Waals surface area contributed by atoms with Crippen LogP contribution in [0.25, 0.3) is 11.5 Å². The van der Waals surface area contributed by atoms with Crippen LogP contribution in [0.5, 0.6) is 11.5 Å². The van der Waals surface area contributed by atoms with Gasteiger partial charge in [0.15, 0.2) is 6.10 Å². The maximum absolute atomic E-state index is 12.2. The quantitative estimate of drug-likeness (QED) is 0.652. The number of hydrogen-bond donors (Lipinski definition) is 0. The van der Waals surface area contributed by atoms with E-state index in [0.29, 0.717) is 35.1 Å². The number of nitrogens with zero attached hydrogens (tertiary/aromatic N) is 3. The van der Waals surface area contributed by atoms with Gasteiger partial charge in [0.25, 0.3) is 0 Å². The fourth-order valence-corrected chi connectivity index (χ4v) is 2.61. The largest absolute Gasteiger partial charge is 0.573 e. The van der Waals surface area contributed by atoms with Crippen LogP contribution >= 0.6 is 0 Å². The Morgan fingerprint density at radius 1 is 1.04 bits per heavy atom. The molecular formula is C18H12F3N3O4. The molecule has 1 aliphatic heterocycles. The van der Waals surface area contributed by atoms with Crippen molar-refractivity contribution in [1.82, 2.24) is 10.2 Å². The van der Waals surface area contributed by atoms with Gasteiger partial charge in [0.1, 0.15) is 11.5 Å². The van der Waals surface area contributed by atoms with Crippen LogP contribution in [0.4, 0.5) is 13.2 Å². The van der Waals surface area contributed by atoms with E-state index in [1.54, 1.807) is 24.3 Å². The summed E-state index contributed by atoms with van der Waals surface area (Å²) in [7, 11) is 0. The molecule has 0 saturated carbocycles. The van der Waals surface area contributed by atoms with Gasteiger partial charge in [0.2, 0.25) is 18.2 Å². The Balaban J connectivity index is 1.39. The molecule has 7 nitrogen and oxygen atoms in total. The maximum Gasteiger partial charge on any atom is 0.573 e. The Morgan fingerprint density at radius 3 is 2.57 bits per heavy atom. The molecule has 2 heterocycles. The summed E-state index contributed by atoms with van der Waals surface area (Å²) in [4.78, 5) is 5.33. The summed E-state index contributed by atoms with van der Waals surface area (Å²) in [5.41, 5.74) is 1.34. The number of ether oxygens (including phenoxy) is 2. The second-order valence-corrected chi connectivity index (χ2v) is 5.77. The SMILES string of the molecule is FC(F)(F)Oc1ccc([C@@H]2CC(Oc3cccc(-c4nnco4)c3)=NO2)cc1. The monoisotopic (exact) mass is 391 g/mol. The van der Waals surface area contributed by atoms with Crippen LogP contribution in [-0.4, -0.2) is 22.5 Å². The van der Waals surface area contributed by atoms with Crippen LogP contribution in [0.2, 0.25) is 0 Å². The lowest BCUT2D eigenvalue weighted by Gasteiger charge is -2.11. The van der Waals surface area contributed by atoms with Gasteiger partial charge in [0, 0.05) is 5.56 Å². The second kappa shape index (κ2) is 7.22. The first-order valence-electron chi connectivity index (χ1n) is 8.09. The predicted molar refractivity (Wildman–Crippen MR) is 89.4 cm³/mol. The van der Waals surface area contributed by atoms with E-state index in [1.807, 2.05) is 0 Å². The number of benzene rings is 2. The zero-order valence-electron chi connectivity index (χ0n) is 14.1. The van der Waals surface area contributed by atoms with Gasteiger partial charge in [0.05, 0.1) is 6.42 Å². The van der Waals surface area contributed by atoms with E-state index in [-0.39, 0.29) is 5.75 Å². The van der Waals surface area contributed by atoms with Crippen molar-refractivity contribution in [3.8, 4) is 23.0 Å². The van der Waals surface area contributed by atoms with Crippen molar-refractivity contribution < 1.29 is 31.9 Å². The molecule has 0 spiro atoms. The molecule has 144 valence electrons. The summed E-state index contributed by atoms with van der Waals surface area (Å²) in [5.74, 6) is 0.898. The zero-order valence-corrected chi connectivity index (χ0v) is 14.1. The molecule has 2 aromatic carbocycles. The van der Waals surface area contributed by atoms with Crippen LogP contribution < -0.4 is 9.47 Å². The van der Waals surface area contributed by atoms with Crippen LogP contribution in [0.3, 0.4) is 0 Å². The second-order valence-electron chi connectivity index (χ2n) is 5.77. The Kier molecular flexibility index (Phi) is 4.60. The summed E-state index contributed by atoms with van der Waals surface area (Å²) >= 11 is 0. The fraction of sp³-hybridized carbons (Fsp3) is 0.167. The lowest BCUT2D eigenvalue weighted by molar-refractivity contribution is -0.274. The predicted octanol–water partition coefficient (Wildman–Crippen LogP) is 4.49. The highest BCUT2D eigenvalue weighted by atomic mass is 19.4. The summed E-state index contributed by atoms with van der Waals surface area (Å²) in [6.45, 7) is 0. The van der Waals surface area contributed by atoms with E-state index in [2.05, 4.69) is 20.1 Å². The van der Waals surface area contributed by atoms with E-state index in [9.17, 15) is 13.2 Å². The van der Waals surface area contributed by atoms with Gasteiger partial charge < -0.3 is 18.7 Å². The molecule has 1 aliphatic rings. The molecule has 28 heavy (non-hydrogen) atoms. The number of alkyl halides is 3. The highest BCUT2D eigenvalue weighted by molar-refractivity contribution is 5.80. The van der Waals surface area contributed by atoms with Gasteiger partial charge in [-0.25, -0.2) is 0 Å². The molecule has 0 radical (unpaired) electrons. The molecule has 0 aliphatic carbocycles. The number of oxime groups is 1. The first kappa shape index (κ1) is 17.8. The number of halogens is 3. The van der Waals surface area contributed by atoms with E-state index in [4.69, 9.17) is 14.0 Å². The highest BCUT2D eigenvalue weighted by Gasteiger charge is 2.31. The molecular weight excluding hydrogens is 379 g/mol. The topological polar surface area (TPSA) is 79.0 Å². The van der Waals surface area contributed by atoms with Crippen LogP contribution in [0.15, 0.2) is 64.5 Å². The summed E-state index contributed by atoms with van der Waals surface area (Å²) in [6.07, 6.45) is -3.64. The van der Waals surface area contributed by atoms with Crippen molar-refractivity contribution >= 4 is 5.90 Å². The Morgan fingerprint density at radius 2 is 1.86 bits per heavy atom. The van der Waals surface area contributed by atoms with Gasteiger partial charge in [-0.2, -0.15) is 0 Å². The summed E-state index contributed by atoms with van der Waals surface area (Å²) < 4.78 is 51.4. The molecule has 1 atom stereocenters. The Bertz CT molecular complexity index is 972. The number of aromatic nitrogens is 2. The third kappa shape index (κ3) is 4.22. The minimum atomic E-state index is -4.73. The molecule has 0 unspecified atom stereocenters. The smallest absolute Gasteiger partial charge is 0.440 e. The molecule has 0 fully saturated rings. The van der Waals surface area contributed by atoms with Crippen LogP contribution in [0, 0.1) is 0 Å². The highest BCUT2D eigenvalue weighted by Crippen LogP contribution is 2.31. The molecule has 0 amide bonds. The van der Waals surface area contributed by atoms with Crippen molar-refractivity contribution in [3.63, 3.8) is 0 Å². The third-order valence-electron chi connectivity index (χ3n) is 3.80. The van der Waals surface area contributed by atoms with E-state index < -0.39 is 12.5 Å². The van der Waals surface area contributed by atoms with Gasteiger partial charge in [-0.3, -0.25) is 0 Å². The van der Waals surface area contributed by atoms with Crippen molar-refractivity contribution in [2.45, 2.75) is 18.9 Å². The molecule has 4 rings (SSSR count).